The summed E-state index contributed by atoms with van der Waals surface area (Å²) < 4.78 is 5.41. The summed E-state index contributed by atoms with van der Waals surface area (Å²) in [6.07, 6.45) is -0.305. The largest absolute Gasteiger partial charge is 0.508 e. The lowest BCUT2D eigenvalue weighted by atomic mass is 10.0. The first-order valence-electron chi connectivity index (χ1n) is 7.27. The van der Waals surface area contributed by atoms with Gasteiger partial charge in [0.15, 0.2) is 0 Å². The van der Waals surface area contributed by atoms with E-state index < -0.39 is 5.60 Å². The van der Waals surface area contributed by atoms with Crippen molar-refractivity contribution in [2.75, 3.05) is 19.6 Å². The average Bonchev–Trinajstić information content (AvgIpc) is 2.37. The van der Waals surface area contributed by atoms with Gasteiger partial charge in [-0.2, -0.15) is 0 Å². The third kappa shape index (κ3) is 4.11. The highest BCUT2D eigenvalue weighted by molar-refractivity contribution is 5.68. The van der Waals surface area contributed by atoms with Crippen LogP contribution in [0.2, 0.25) is 0 Å². The van der Waals surface area contributed by atoms with Gasteiger partial charge in [-0.25, -0.2) is 4.79 Å². The Morgan fingerprint density at radius 1 is 1.43 bits per heavy atom. The number of nitrogens with one attached hydrogen (secondary N) is 1. The third-order valence-corrected chi connectivity index (χ3v) is 3.39. The zero-order valence-corrected chi connectivity index (χ0v) is 13.1. The van der Waals surface area contributed by atoms with E-state index in [1.165, 1.54) is 0 Å². The number of rotatable bonds is 1. The van der Waals surface area contributed by atoms with Crippen LogP contribution in [-0.2, 0) is 4.74 Å². The van der Waals surface area contributed by atoms with Crippen molar-refractivity contribution in [3.63, 3.8) is 0 Å². The van der Waals surface area contributed by atoms with Crippen LogP contribution in [0.5, 0.6) is 5.75 Å². The molecule has 1 aliphatic rings. The molecule has 1 aromatic rings. The van der Waals surface area contributed by atoms with Gasteiger partial charge in [-0.1, -0.05) is 12.1 Å². The normalized spacial score (nSPS) is 19.4. The Balaban J connectivity index is 2.08. The Morgan fingerprint density at radius 2 is 2.14 bits per heavy atom. The maximum absolute atomic E-state index is 12.1. The van der Waals surface area contributed by atoms with Crippen molar-refractivity contribution in [1.29, 1.82) is 0 Å². The lowest BCUT2D eigenvalue weighted by Crippen LogP contribution is -2.49. The number of phenols is 1. The van der Waals surface area contributed by atoms with Gasteiger partial charge in [0.05, 0.1) is 6.04 Å². The molecule has 5 heteroatoms. The number of aryl methyl sites for hydroxylation is 1. The van der Waals surface area contributed by atoms with Gasteiger partial charge in [0, 0.05) is 25.2 Å². The van der Waals surface area contributed by atoms with Crippen LogP contribution in [-0.4, -0.2) is 41.3 Å². The van der Waals surface area contributed by atoms with Crippen LogP contribution in [0.25, 0.3) is 0 Å². The molecular weight excluding hydrogens is 268 g/mol. The molecule has 1 amide bonds. The Morgan fingerprint density at radius 3 is 2.76 bits per heavy atom. The van der Waals surface area contributed by atoms with Crippen LogP contribution in [0.15, 0.2) is 18.2 Å². The molecule has 21 heavy (non-hydrogen) atoms. The van der Waals surface area contributed by atoms with Crippen LogP contribution >= 0.6 is 0 Å². The van der Waals surface area contributed by atoms with Gasteiger partial charge in [-0.3, -0.25) is 0 Å². The number of phenolic OH excluding ortho intramolecular Hbond substituents is 1. The topological polar surface area (TPSA) is 61.8 Å². The number of aromatic hydroxyl groups is 1. The molecular formula is C16H24N2O3. The second kappa shape index (κ2) is 5.93. The standard InChI is InChI=1S/C16H24N2O3/c1-11-5-6-12(14(19)9-11)13-10-18(8-7-17-13)15(20)21-16(2,3)4/h5-6,9,13,17,19H,7-8,10H2,1-4H3. The monoisotopic (exact) mass is 292 g/mol. The van der Waals surface area contributed by atoms with Crippen LogP contribution in [0.1, 0.15) is 37.9 Å². The van der Waals surface area contributed by atoms with Gasteiger partial charge in [-0.05, 0) is 39.3 Å². The lowest BCUT2D eigenvalue weighted by Gasteiger charge is -2.35. The fourth-order valence-electron chi connectivity index (χ4n) is 2.40. The average molecular weight is 292 g/mol. The van der Waals surface area contributed by atoms with Crippen LogP contribution in [0, 0.1) is 6.92 Å². The molecule has 5 nitrogen and oxygen atoms in total. The van der Waals surface area contributed by atoms with E-state index in [-0.39, 0.29) is 17.9 Å². The molecule has 1 aromatic carbocycles. The first-order chi connectivity index (χ1) is 9.76. The highest BCUT2D eigenvalue weighted by atomic mass is 16.6. The molecule has 0 saturated carbocycles. The lowest BCUT2D eigenvalue weighted by molar-refractivity contribution is 0.0194. The number of nitrogens with zero attached hydrogens (tertiary/aromatic N) is 1. The summed E-state index contributed by atoms with van der Waals surface area (Å²) in [7, 11) is 0. The van der Waals surface area contributed by atoms with Crippen molar-refractivity contribution in [3.8, 4) is 5.75 Å². The molecule has 1 aliphatic heterocycles. The molecule has 1 atom stereocenters. The fraction of sp³-hybridized carbons (Fsp3) is 0.562. The molecule has 0 bridgehead atoms. The molecule has 2 rings (SSSR count). The van der Waals surface area contributed by atoms with Gasteiger partial charge >= 0.3 is 6.09 Å². The summed E-state index contributed by atoms with van der Waals surface area (Å²) in [4.78, 5) is 13.8. The van der Waals surface area contributed by atoms with E-state index in [1.54, 1.807) is 11.0 Å². The summed E-state index contributed by atoms with van der Waals surface area (Å²) in [5.41, 5.74) is 1.33. The van der Waals surface area contributed by atoms with Crippen LogP contribution in [0.3, 0.4) is 0 Å². The van der Waals surface area contributed by atoms with E-state index in [0.29, 0.717) is 19.6 Å². The number of piperazine rings is 1. The second-order valence-corrected chi connectivity index (χ2v) is 6.50. The molecule has 1 saturated heterocycles. The molecule has 1 fully saturated rings. The van der Waals surface area contributed by atoms with Crippen molar-refractivity contribution >= 4 is 6.09 Å². The molecule has 0 aromatic heterocycles. The smallest absolute Gasteiger partial charge is 0.410 e. The zero-order chi connectivity index (χ0) is 15.6. The van der Waals surface area contributed by atoms with E-state index >= 15 is 0 Å². The maximum atomic E-state index is 12.1. The highest BCUT2D eigenvalue weighted by Gasteiger charge is 2.29. The summed E-state index contributed by atoms with van der Waals surface area (Å²) in [5.74, 6) is 0.263. The Labute approximate surface area is 125 Å². The number of hydrogen-bond donors (Lipinski definition) is 2. The summed E-state index contributed by atoms with van der Waals surface area (Å²) in [6.45, 7) is 9.29. The van der Waals surface area contributed by atoms with E-state index in [2.05, 4.69) is 5.32 Å². The predicted molar refractivity (Wildman–Crippen MR) is 81.4 cm³/mol. The van der Waals surface area contributed by atoms with Crippen molar-refractivity contribution in [3.05, 3.63) is 29.3 Å². The van der Waals surface area contributed by atoms with E-state index in [9.17, 15) is 9.90 Å². The molecule has 2 N–H and O–H groups in total. The van der Waals surface area contributed by atoms with E-state index in [1.807, 2.05) is 39.8 Å². The summed E-state index contributed by atoms with van der Waals surface area (Å²) in [5, 5.41) is 13.4. The van der Waals surface area contributed by atoms with Crippen LogP contribution in [0.4, 0.5) is 4.79 Å². The Kier molecular flexibility index (Phi) is 4.42. The van der Waals surface area contributed by atoms with Gasteiger partial charge in [0.2, 0.25) is 0 Å². The Hall–Kier alpha value is -1.75. The first-order valence-corrected chi connectivity index (χ1v) is 7.27. The molecule has 0 radical (unpaired) electrons. The number of amides is 1. The third-order valence-electron chi connectivity index (χ3n) is 3.39. The van der Waals surface area contributed by atoms with Crippen molar-refractivity contribution < 1.29 is 14.6 Å². The van der Waals surface area contributed by atoms with Crippen molar-refractivity contribution in [1.82, 2.24) is 10.2 Å². The minimum Gasteiger partial charge on any atom is -0.508 e. The quantitative estimate of drug-likeness (QED) is 0.835. The number of benzene rings is 1. The van der Waals surface area contributed by atoms with E-state index in [4.69, 9.17) is 4.74 Å². The number of carbonyl (C=O) groups excluding carboxylic acids is 1. The summed E-state index contributed by atoms with van der Waals surface area (Å²) >= 11 is 0. The number of carbonyl (C=O) groups is 1. The van der Waals surface area contributed by atoms with Gasteiger partial charge in [0.25, 0.3) is 0 Å². The zero-order valence-electron chi connectivity index (χ0n) is 13.1. The van der Waals surface area contributed by atoms with Gasteiger partial charge < -0.3 is 20.1 Å². The minimum atomic E-state index is -0.497. The first kappa shape index (κ1) is 15.6. The van der Waals surface area contributed by atoms with Gasteiger partial charge in [-0.15, -0.1) is 0 Å². The highest BCUT2D eigenvalue weighted by Crippen LogP contribution is 2.27. The molecule has 0 aliphatic carbocycles. The number of ether oxygens (including phenoxy) is 1. The van der Waals surface area contributed by atoms with Gasteiger partial charge in [0.1, 0.15) is 11.4 Å². The number of hydrogen-bond acceptors (Lipinski definition) is 4. The molecule has 0 spiro atoms. The van der Waals surface area contributed by atoms with Crippen LogP contribution < -0.4 is 5.32 Å². The second-order valence-electron chi connectivity index (χ2n) is 6.50. The molecule has 1 heterocycles. The minimum absolute atomic E-state index is 0.0770. The van der Waals surface area contributed by atoms with E-state index in [0.717, 1.165) is 11.1 Å². The van der Waals surface area contributed by atoms with Crippen molar-refractivity contribution in [2.24, 2.45) is 0 Å². The molecule has 1 unspecified atom stereocenters. The predicted octanol–water partition coefficient (Wildman–Crippen LogP) is 2.58. The Bertz CT molecular complexity index is 523. The maximum Gasteiger partial charge on any atom is 0.410 e. The SMILES string of the molecule is Cc1ccc(C2CN(C(=O)OC(C)(C)C)CCN2)c(O)c1. The molecule has 116 valence electrons. The summed E-state index contributed by atoms with van der Waals surface area (Å²) in [6, 6.07) is 5.53. The fourth-order valence-corrected chi connectivity index (χ4v) is 2.40. The van der Waals surface area contributed by atoms with Crippen molar-refractivity contribution in [2.45, 2.75) is 39.3 Å².